The molecule has 100 valence electrons. The highest BCUT2D eigenvalue weighted by atomic mass is 19.1. The minimum Gasteiger partial charge on any atom is -0.366 e. The van der Waals surface area contributed by atoms with Crippen LogP contribution in [0.4, 0.5) is 10.1 Å². The van der Waals surface area contributed by atoms with Gasteiger partial charge in [-0.1, -0.05) is 13.0 Å². The van der Waals surface area contributed by atoms with Crippen LogP contribution >= 0.6 is 0 Å². The zero-order valence-electron chi connectivity index (χ0n) is 11.5. The number of halogens is 1. The molecule has 1 aliphatic rings. The number of nitrogens with zero attached hydrogens (tertiary/aromatic N) is 1. The van der Waals surface area contributed by atoms with Gasteiger partial charge in [0.25, 0.3) is 0 Å². The van der Waals surface area contributed by atoms with Gasteiger partial charge in [-0.05, 0) is 50.9 Å². The van der Waals surface area contributed by atoms with Crippen LogP contribution in [0.25, 0.3) is 0 Å². The average molecular weight is 250 g/mol. The molecule has 2 nitrogen and oxygen atoms in total. The fraction of sp³-hybridized carbons (Fsp3) is 0.600. The lowest BCUT2D eigenvalue weighted by molar-refractivity contribution is 0.599. The Morgan fingerprint density at radius 3 is 2.67 bits per heavy atom. The summed E-state index contributed by atoms with van der Waals surface area (Å²) in [5.41, 5.74) is 1.78. The van der Waals surface area contributed by atoms with E-state index in [1.165, 1.54) is 12.8 Å². The zero-order chi connectivity index (χ0) is 13.1. The first-order chi connectivity index (χ1) is 8.67. The lowest BCUT2D eigenvalue weighted by atomic mass is 10.1. The third-order valence-electron chi connectivity index (χ3n) is 3.67. The van der Waals surface area contributed by atoms with Gasteiger partial charge in [-0.3, -0.25) is 0 Å². The Morgan fingerprint density at radius 2 is 2.17 bits per heavy atom. The fourth-order valence-electron chi connectivity index (χ4n) is 2.32. The maximum atomic E-state index is 14.2. The number of nitrogens with one attached hydrogen (secondary N) is 1. The van der Waals surface area contributed by atoms with Crippen LogP contribution in [0.1, 0.15) is 44.7 Å². The van der Waals surface area contributed by atoms with E-state index in [1.807, 2.05) is 26.1 Å². The second kappa shape index (κ2) is 5.70. The Bertz CT molecular complexity index is 401. The summed E-state index contributed by atoms with van der Waals surface area (Å²) in [4.78, 5) is 2.23. The van der Waals surface area contributed by atoms with Crippen LogP contribution in [0.5, 0.6) is 0 Å². The summed E-state index contributed by atoms with van der Waals surface area (Å²) in [6.45, 7) is 5.13. The van der Waals surface area contributed by atoms with Crippen LogP contribution in [0, 0.1) is 5.82 Å². The third-order valence-corrected chi connectivity index (χ3v) is 3.67. The SMILES string of the molecule is CCCN(c1ccc(C(C)NC)cc1F)C1CC1. The Balaban J connectivity index is 2.22. The highest BCUT2D eigenvalue weighted by Crippen LogP contribution is 2.34. The summed E-state index contributed by atoms with van der Waals surface area (Å²) in [5, 5.41) is 3.14. The quantitative estimate of drug-likeness (QED) is 0.831. The summed E-state index contributed by atoms with van der Waals surface area (Å²) in [6.07, 6.45) is 3.47. The number of rotatable bonds is 6. The van der Waals surface area contributed by atoms with Gasteiger partial charge < -0.3 is 10.2 Å². The van der Waals surface area contributed by atoms with Crippen LogP contribution in [0.15, 0.2) is 18.2 Å². The molecule has 0 spiro atoms. The highest BCUT2D eigenvalue weighted by molar-refractivity contribution is 5.51. The molecule has 0 heterocycles. The molecule has 1 N–H and O–H groups in total. The molecule has 1 unspecified atom stereocenters. The average Bonchev–Trinajstić information content (AvgIpc) is 3.19. The van der Waals surface area contributed by atoms with Gasteiger partial charge >= 0.3 is 0 Å². The normalized spacial score (nSPS) is 16.7. The van der Waals surface area contributed by atoms with Crippen molar-refractivity contribution in [2.45, 2.75) is 45.2 Å². The molecule has 3 heteroatoms. The van der Waals surface area contributed by atoms with Gasteiger partial charge in [0.05, 0.1) is 5.69 Å². The van der Waals surface area contributed by atoms with Gasteiger partial charge in [0.1, 0.15) is 5.82 Å². The van der Waals surface area contributed by atoms with Crippen molar-refractivity contribution >= 4 is 5.69 Å². The molecule has 1 aliphatic carbocycles. The predicted octanol–water partition coefficient (Wildman–Crippen LogP) is 3.48. The van der Waals surface area contributed by atoms with Gasteiger partial charge in [0, 0.05) is 18.6 Å². The molecule has 0 radical (unpaired) electrons. The van der Waals surface area contributed by atoms with Gasteiger partial charge in [-0.25, -0.2) is 4.39 Å². The Morgan fingerprint density at radius 1 is 1.44 bits per heavy atom. The lowest BCUT2D eigenvalue weighted by Gasteiger charge is -2.25. The van der Waals surface area contributed by atoms with Crippen LogP contribution in [0.2, 0.25) is 0 Å². The molecule has 1 aromatic rings. The molecule has 1 saturated carbocycles. The molecular formula is C15H23FN2. The smallest absolute Gasteiger partial charge is 0.146 e. The molecule has 2 rings (SSSR count). The monoisotopic (exact) mass is 250 g/mol. The van der Waals surface area contributed by atoms with E-state index in [0.717, 1.165) is 24.2 Å². The van der Waals surface area contributed by atoms with E-state index in [2.05, 4.69) is 17.1 Å². The molecule has 0 aromatic heterocycles. The van der Waals surface area contributed by atoms with Crippen LogP contribution in [0.3, 0.4) is 0 Å². The molecule has 0 bridgehead atoms. The first kappa shape index (κ1) is 13.3. The molecule has 0 saturated heterocycles. The largest absolute Gasteiger partial charge is 0.366 e. The van der Waals surface area contributed by atoms with Crippen molar-refractivity contribution in [1.29, 1.82) is 0 Å². The summed E-state index contributed by atoms with van der Waals surface area (Å²) in [5.74, 6) is -0.0880. The minimum atomic E-state index is -0.0880. The van der Waals surface area contributed by atoms with Gasteiger partial charge in [-0.2, -0.15) is 0 Å². The van der Waals surface area contributed by atoms with Crippen molar-refractivity contribution in [3.8, 4) is 0 Å². The zero-order valence-corrected chi connectivity index (χ0v) is 11.5. The first-order valence-electron chi connectivity index (χ1n) is 6.90. The molecule has 1 fully saturated rings. The second-order valence-corrected chi connectivity index (χ2v) is 5.15. The Hall–Kier alpha value is -1.09. The maximum absolute atomic E-state index is 14.2. The van der Waals surface area contributed by atoms with E-state index in [9.17, 15) is 4.39 Å². The van der Waals surface area contributed by atoms with Crippen molar-refractivity contribution in [1.82, 2.24) is 5.32 Å². The van der Waals surface area contributed by atoms with Crippen LogP contribution < -0.4 is 10.2 Å². The van der Waals surface area contributed by atoms with Crippen LogP contribution in [-0.4, -0.2) is 19.6 Å². The topological polar surface area (TPSA) is 15.3 Å². The van der Waals surface area contributed by atoms with E-state index < -0.39 is 0 Å². The van der Waals surface area contributed by atoms with Gasteiger partial charge in [0.2, 0.25) is 0 Å². The van der Waals surface area contributed by atoms with Crippen molar-refractivity contribution < 1.29 is 4.39 Å². The maximum Gasteiger partial charge on any atom is 0.146 e. The van der Waals surface area contributed by atoms with Gasteiger partial charge in [0.15, 0.2) is 0 Å². The third kappa shape index (κ3) is 2.83. The summed E-state index contributed by atoms with van der Waals surface area (Å²) in [6, 6.07) is 6.39. The van der Waals surface area contributed by atoms with Crippen molar-refractivity contribution in [2.75, 3.05) is 18.5 Å². The highest BCUT2D eigenvalue weighted by Gasteiger charge is 2.30. The first-order valence-corrected chi connectivity index (χ1v) is 6.90. The van der Waals surface area contributed by atoms with Gasteiger partial charge in [-0.15, -0.1) is 0 Å². The Kier molecular flexibility index (Phi) is 4.23. The van der Waals surface area contributed by atoms with E-state index in [-0.39, 0.29) is 11.9 Å². The van der Waals surface area contributed by atoms with E-state index in [4.69, 9.17) is 0 Å². The van der Waals surface area contributed by atoms with E-state index in [0.29, 0.717) is 6.04 Å². The summed E-state index contributed by atoms with van der Waals surface area (Å²) in [7, 11) is 1.89. The lowest BCUT2D eigenvalue weighted by Crippen LogP contribution is -2.27. The van der Waals surface area contributed by atoms with Crippen molar-refractivity contribution in [3.63, 3.8) is 0 Å². The second-order valence-electron chi connectivity index (χ2n) is 5.15. The molecule has 0 aliphatic heterocycles. The number of hydrogen-bond acceptors (Lipinski definition) is 2. The minimum absolute atomic E-state index is 0.0880. The summed E-state index contributed by atoms with van der Waals surface area (Å²) < 4.78 is 14.2. The number of benzene rings is 1. The Labute approximate surface area is 109 Å². The van der Waals surface area contributed by atoms with Crippen LogP contribution in [-0.2, 0) is 0 Å². The molecule has 18 heavy (non-hydrogen) atoms. The molecule has 0 amide bonds. The standard InChI is InChI=1S/C15H23FN2/c1-4-9-18(13-6-7-13)15-8-5-12(10-14(15)16)11(2)17-3/h5,8,10-11,13,17H,4,6-7,9H2,1-3H3. The molecule has 1 atom stereocenters. The number of anilines is 1. The molecule has 1 aromatic carbocycles. The molecular weight excluding hydrogens is 227 g/mol. The van der Waals surface area contributed by atoms with E-state index >= 15 is 0 Å². The van der Waals surface area contributed by atoms with Crippen molar-refractivity contribution in [3.05, 3.63) is 29.6 Å². The number of hydrogen-bond donors (Lipinski definition) is 1. The summed E-state index contributed by atoms with van der Waals surface area (Å²) >= 11 is 0. The van der Waals surface area contributed by atoms with E-state index in [1.54, 1.807) is 6.07 Å². The predicted molar refractivity (Wildman–Crippen MR) is 74.5 cm³/mol. The van der Waals surface area contributed by atoms with Crippen molar-refractivity contribution in [2.24, 2.45) is 0 Å². The fourth-order valence-corrected chi connectivity index (χ4v) is 2.32.